The Bertz CT molecular complexity index is 431. The average Bonchev–Trinajstić information content (AvgIpc) is 2.81. The Kier molecular flexibility index (Phi) is 3.28. The summed E-state index contributed by atoms with van der Waals surface area (Å²) in [6.45, 7) is 1.70. The van der Waals surface area contributed by atoms with Crippen LogP contribution < -0.4 is 10.6 Å². The molecule has 92 valence electrons. The van der Waals surface area contributed by atoms with Crippen molar-refractivity contribution in [2.45, 2.75) is 18.9 Å². The number of rotatable bonds is 3. The SMILES string of the molecule is N[C@H](C(=O)O)c1ccc(N2CCCC2)c(F)c1. The van der Waals surface area contributed by atoms with Crippen LogP contribution in [0.2, 0.25) is 0 Å². The predicted octanol–water partition coefficient (Wildman–Crippen LogP) is 1.51. The van der Waals surface area contributed by atoms with E-state index in [9.17, 15) is 9.18 Å². The van der Waals surface area contributed by atoms with Gasteiger partial charge in [-0.1, -0.05) is 6.07 Å². The van der Waals surface area contributed by atoms with E-state index in [-0.39, 0.29) is 5.56 Å². The van der Waals surface area contributed by atoms with Crippen LogP contribution in [0, 0.1) is 5.82 Å². The average molecular weight is 238 g/mol. The second-order valence-electron chi connectivity index (χ2n) is 4.22. The van der Waals surface area contributed by atoms with E-state index in [4.69, 9.17) is 10.8 Å². The normalized spacial score (nSPS) is 17.2. The molecule has 1 aliphatic heterocycles. The van der Waals surface area contributed by atoms with Crippen molar-refractivity contribution in [3.8, 4) is 0 Å². The van der Waals surface area contributed by atoms with Crippen molar-refractivity contribution in [1.29, 1.82) is 0 Å². The molecule has 2 rings (SSSR count). The highest BCUT2D eigenvalue weighted by atomic mass is 19.1. The monoisotopic (exact) mass is 238 g/mol. The number of hydrogen-bond donors (Lipinski definition) is 2. The smallest absolute Gasteiger partial charge is 0.325 e. The maximum absolute atomic E-state index is 13.8. The summed E-state index contributed by atoms with van der Waals surface area (Å²) in [4.78, 5) is 12.7. The zero-order valence-corrected chi connectivity index (χ0v) is 9.40. The zero-order chi connectivity index (χ0) is 12.4. The molecule has 0 amide bonds. The van der Waals surface area contributed by atoms with Gasteiger partial charge in [-0.3, -0.25) is 4.79 Å². The molecule has 4 nitrogen and oxygen atoms in total. The van der Waals surface area contributed by atoms with Crippen molar-refractivity contribution in [2.24, 2.45) is 5.73 Å². The Morgan fingerprint density at radius 3 is 2.59 bits per heavy atom. The molecule has 1 saturated heterocycles. The van der Waals surface area contributed by atoms with Gasteiger partial charge in [-0.25, -0.2) is 4.39 Å². The third-order valence-corrected chi connectivity index (χ3v) is 3.04. The number of anilines is 1. The molecule has 3 N–H and O–H groups in total. The third-order valence-electron chi connectivity index (χ3n) is 3.04. The Labute approximate surface area is 98.8 Å². The maximum atomic E-state index is 13.8. The van der Waals surface area contributed by atoms with E-state index in [1.165, 1.54) is 6.07 Å². The maximum Gasteiger partial charge on any atom is 0.325 e. The van der Waals surface area contributed by atoms with Crippen molar-refractivity contribution in [3.05, 3.63) is 29.6 Å². The molecule has 0 unspecified atom stereocenters. The van der Waals surface area contributed by atoms with Gasteiger partial charge in [-0.15, -0.1) is 0 Å². The molecule has 0 aromatic heterocycles. The predicted molar refractivity (Wildman–Crippen MR) is 62.4 cm³/mol. The Morgan fingerprint density at radius 1 is 1.41 bits per heavy atom. The van der Waals surface area contributed by atoms with E-state index in [2.05, 4.69) is 0 Å². The van der Waals surface area contributed by atoms with Gasteiger partial charge in [0, 0.05) is 13.1 Å². The van der Waals surface area contributed by atoms with E-state index in [0.717, 1.165) is 25.9 Å². The van der Waals surface area contributed by atoms with Crippen LogP contribution in [0.5, 0.6) is 0 Å². The second-order valence-corrected chi connectivity index (χ2v) is 4.22. The van der Waals surface area contributed by atoms with Crippen molar-refractivity contribution in [2.75, 3.05) is 18.0 Å². The lowest BCUT2D eigenvalue weighted by atomic mass is 10.1. The first-order chi connectivity index (χ1) is 8.09. The minimum Gasteiger partial charge on any atom is -0.480 e. The molecule has 0 saturated carbocycles. The Hall–Kier alpha value is -1.62. The van der Waals surface area contributed by atoms with Gasteiger partial charge in [0.25, 0.3) is 0 Å². The van der Waals surface area contributed by atoms with Crippen LogP contribution in [0.3, 0.4) is 0 Å². The fourth-order valence-corrected chi connectivity index (χ4v) is 2.07. The van der Waals surface area contributed by atoms with Gasteiger partial charge >= 0.3 is 5.97 Å². The van der Waals surface area contributed by atoms with E-state index >= 15 is 0 Å². The standard InChI is InChI=1S/C12H15FN2O2/c13-9-7-8(11(14)12(16)17)3-4-10(9)15-5-1-2-6-15/h3-4,7,11H,1-2,5-6,14H2,(H,16,17)/t11-/m0/s1. The molecule has 5 heteroatoms. The molecule has 17 heavy (non-hydrogen) atoms. The van der Waals surface area contributed by atoms with Gasteiger partial charge in [0.05, 0.1) is 5.69 Å². The van der Waals surface area contributed by atoms with Crippen LogP contribution in [0.1, 0.15) is 24.4 Å². The summed E-state index contributed by atoms with van der Waals surface area (Å²) < 4.78 is 13.8. The zero-order valence-electron chi connectivity index (χ0n) is 9.40. The van der Waals surface area contributed by atoms with E-state index in [0.29, 0.717) is 5.69 Å². The van der Waals surface area contributed by atoms with Gasteiger partial charge in [0.15, 0.2) is 0 Å². The summed E-state index contributed by atoms with van der Waals surface area (Å²) in [7, 11) is 0. The van der Waals surface area contributed by atoms with E-state index in [1.807, 2.05) is 4.90 Å². The molecule has 0 spiro atoms. The highest BCUT2D eigenvalue weighted by Crippen LogP contribution is 2.25. The summed E-state index contributed by atoms with van der Waals surface area (Å²) in [5.41, 5.74) is 6.25. The summed E-state index contributed by atoms with van der Waals surface area (Å²) >= 11 is 0. The lowest BCUT2D eigenvalue weighted by Crippen LogP contribution is -2.22. The van der Waals surface area contributed by atoms with Crippen molar-refractivity contribution in [1.82, 2.24) is 0 Å². The molecular formula is C12H15FN2O2. The molecule has 0 aliphatic carbocycles. The summed E-state index contributed by atoms with van der Waals surface area (Å²) in [5, 5.41) is 8.75. The molecule has 1 aromatic carbocycles. The summed E-state index contributed by atoms with van der Waals surface area (Å²) in [6.07, 6.45) is 2.13. The molecule has 1 heterocycles. The van der Waals surface area contributed by atoms with Gasteiger partial charge in [0.1, 0.15) is 11.9 Å². The highest BCUT2D eigenvalue weighted by molar-refractivity contribution is 5.75. The molecule has 0 radical (unpaired) electrons. The first-order valence-corrected chi connectivity index (χ1v) is 5.62. The topological polar surface area (TPSA) is 66.6 Å². The molecule has 1 fully saturated rings. The van der Waals surface area contributed by atoms with Crippen LogP contribution >= 0.6 is 0 Å². The van der Waals surface area contributed by atoms with Crippen LogP contribution in [-0.2, 0) is 4.79 Å². The molecule has 1 atom stereocenters. The fraction of sp³-hybridized carbons (Fsp3) is 0.417. The van der Waals surface area contributed by atoms with Crippen molar-refractivity contribution < 1.29 is 14.3 Å². The minimum atomic E-state index is -1.17. The molecule has 1 aromatic rings. The number of carboxylic acid groups (broad SMARTS) is 1. The van der Waals surface area contributed by atoms with Crippen molar-refractivity contribution >= 4 is 11.7 Å². The molecule has 1 aliphatic rings. The largest absolute Gasteiger partial charge is 0.480 e. The first kappa shape index (κ1) is 11.9. The number of hydrogen-bond acceptors (Lipinski definition) is 3. The van der Waals surface area contributed by atoms with Crippen LogP contribution in [-0.4, -0.2) is 24.2 Å². The number of nitrogens with zero attached hydrogens (tertiary/aromatic N) is 1. The van der Waals surface area contributed by atoms with E-state index < -0.39 is 17.8 Å². The molecule has 0 bridgehead atoms. The quantitative estimate of drug-likeness (QED) is 0.837. The Morgan fingerprint density at radius 2 is 2.06 bits per heavy atom. The number of halogens is 1. The minimum absolute atomic E-state index is 0.290. The molecular weight excluding hydrogens is 223 g/mol. The third kappa shape index (κ3) is 2.39. The van der Waals surface area contributed by atoms with Gasteiger partial charge in [0.2, 0.25) is 0 Å². The lowest BCUT2D eigenvalue weighted by Gasteiger charge is -2.19. The summed E-state index contributed by atoms with van der Waals surface area (Å²) in [6, 6.07) is 3.23. The number of carbonyl (C=O) groups is 1. The number of benzene rings is 1. The van der Waals surface area contributed by atoms with Crippen LogP contribution in [0.4, 0.5) is 10.1 Å². The van der Waals surface area contributed by atoms with Gasteiger partial charge in [-0.05, 0) is 30.5 Å². The lowest BCUT2D eigenvalue weighted by molar-refractivity contribution is -0.138. The van der Waals surface area contributed by atoms with Gasteiger partial charge in [-0.2, -0.15) is 0 Å². The highest BCUT2D eigenvalue weighted by Gasteiger charge is 2.19. The fourth-order valence-electron chi connectivity index (χ4n) is 2.07. The second kappa shape index (κ2) is 4.71. The van der Waals surface area contributed by atoms with Gasteiger partial charge < -0.3 is 15.7 Å². The number of aliphatic carboxylic acids is 1. The van der Waals surface area contributed by atoms with Crippen LogP contribution in [0.15, 0.2) is 18.2 Å². The van der Waals surface area contributed by atoms with E-state index in [1.54, 1.807) is 12.1 Å². The Balaban J connectivity index is 2.25. The van der Waals surface area contributed by atoms with Crippen molar-refractivity contribution in [3.63, 3.8) is 0 Å². The summed E-state index contributed by atoms with van der Waals surface area (Å²) in [5.74, 6) is -1.56. The first-order valence-electron chi connectivity index (χ1n) is 5.62. The number of carboxylic acids is 1. The van der Waals surface area contributed by atoms with Crippen LogP contribution in [0.25, 0.3) is 0 Å². The number of nitrogens with two attached hydrogens (primary N) is 1.